The molecule has 0 amide bonds. The third-order valence-electron chi connectivity index (χ3n) is 14.2. The first-order valence-corrected chi connectivity index (χ1v) is 39.5. The Morgan fingerprint density at radius 2 is 0.733 bits per heavy atom. The number of nitrogens with zero attached hydrogens (tertiary/aromatic N) is 10. The van der Waals surface area contributed by atoms with E-state index in [0.717, 1.165) is 78.9 Å². The summed E-state index contributed by atoms with van der Waals surface area (Å²) < 4.78 is 284. The quantitative estimate of drug-likeness (QED) is 0.0339. The van der Waals surface area contributed by atoms with E-state index in [-0.39, 0.29) is 11.4 Å². The Hall–Kier alpha value is -10.6. The maximum Gasteiger partial charge on any atom is 0.335 e. The van der Waals surface area contributed by atoms with Gasteiger partial charge < -0.3 is 25.3 Å². The number of nitrogens with one attached hydrogen (secondary N) is 4. The molecule has 11 aromatic rings. The highest BCUT2D eigenvalue weighted by atomic mass is 35.5. The van der Waals surface area contributed by atoms with Crippen molar-refractivity contribution in [1.82, 2.24) is 29.9 Å². The summed E-state index contributed by atoms with van der Waals surface area (Å²) in [5.41, 5.74) is -9.63. The van der Waals surface area contributed by atoms with Crippen molar-refractivity contribution in [2.24, 2.45) is 40.4 Å². The number of hydrogen-bond donors (Lipinski definition) is 15. The van der Waals surface area contributed by atoms with Gasteiger partial charge in [0.25, 0.3) is 80.9 Å². The van der Waals surface area contributed by atoms with Crippen LogP contribution < -0.4 is 22.5 Å². The normalized spacial score (nSPS) is 14.0. The van der Waals surface area contributed by atoms with Crippen molar-refractivity contribution in [1.29, 1.82) is 0 Å². The number of H-pyrrole nitrogens is 4. The molecular formula is C53H34Cl2N14O28S8. The zero-order chi connectivity index (χ0) is 77.0. The van der Waals surface area contributed by atoms with Gasteiger partial charge in [-0.05, 0) is 113 Å². The number of carboxylic acid groups (broad SMARTS) is 1. The number of carbonyl (C=O) groups is 1. The van der Waals surface area contributed by atoms with Crippen LogP contribution in [0.2, 0.25) is 10.6 Å². The fraction of sp³-hybridized carbons (Fsp3) is 0. The van der Waals surface area contributed by atoms with Crippen molar-refractivity contribution in [2.45, 2.75) is 39.2 Å². The van der Waals surface area contributed by atoms with Gasteiger partial charge in [0, 0.05) is 21.5 Å². The van der Waals surface area contributed by atoms with E-state index in [0.29, 0.717) is 36.4 Å². The number of rotatable bonds is 17. The second-order valence-electron chi connectivity index (χ2n) is 21.1. The average molecular weight is 1640 g/mol. The number of halogens is 2. The standard InChI is InChI=1S/C53H34Cl2N14O28S8/c54-48-60-50(64-52(62-48)58-33-18-25(98(74,75)76)13-20-15-37(102(86,87)88)41(43(70)39(20)33)68-66-31-9-7-27-29(45(31)104(92,93)94)3-1-5-35(27)100(80,81)82)56-23-11-22(47(72)73)12-24(17-23)57-51-61-49(55)63-53(65-51)59-34-19-26(99(77,78)79)14-21-16-38(103(89,90)91)42(44(71)40(21)34)69-67-32-10-8-28-30(46(32)105(95,96)97)4-2-6-36(28)101(83,84)85/h1-19,70-71H,(H,72,73)(H,74,75,76)(H,77,78,79)(H,80,81,82)(H,83,84,85)(H,86,87,88)(H,89,90,91)(H,92,93,94)(H,95,96,97)(H2,56,58,60,62,64)(H2,57,59,61,63,65). The summed E-state index contributed by atoms with van der Waals surface area (Å²) in [6.45, 7) is 0. The van der Waals surface area contributed by atoms with Crippen LogP contribution in [0.4, 0.5) is 45.5 Å². The van der Waals surface area contributed by atoms with E-state index in [2.05, 4.69) is 70.3 Å². The number of aromatic nitrogens is 6. The third-order valence-corrected chi connectivity index (χ3v) is 21.7. The third kappa shape index (κ3) is 15.9. The predicted octanol–water partition coefficient (Wildman–Crippen LogP) is 6.55. The minimum Gasteiger partial charge on any atom is -0.505 e. The van der Waals surface area contributed by atoms with Gasteiger partial charge in [-0.3, -0.25) is 46.4 Å². The monoisotopic (exact) mass is 1640 g/mol. The van der Waals surface area contributed by atoms with Crippen LogP contribution in [0.5, 0.6) is 11.5 Å². The number of phenols is 2. The number of aromatic hydroxyl groups is 2. The first-order chi connectivity index (χ1) is 48.5. The van der Waals surface area contributed by atoms with Gasteiger partial charge >= 0.3 is 5.97 Å². The Kier molecular flexibility index (Phi) is 19.3. The zero-order valence-electron chi connectivity index (χ0n) is 50.3. The summed E-state index contributed by atoms with van der Waals surface area (Å²) in [6, 6.07) is 15.1. The van der Waals surface area contributed by atoms with Gasteiger partial charge in [0.2, 0.25) is 33.0 Å². The number of fused-ring (bicyclic) bond motifs is 4. The number of carboxylic acids is 1. The Morgan fingerprint density at radius 3 is 1.06 bits per heavy atom. The van der Waals surface area contributed by atoms with Gasteiger partial charge in [0.05, 0.1) is 48.9 Å². The van der Waals surface area contributed by atoms with Gasteiger partial charge in [-0.25, -0.2) is 24.8 Å². The largest absolute Gasteiger partial charge is 0.505 e. The van der Waals surface area contributed by atoms with Crippen molar-refractivity contribution in [3.05, 3.63) is 154 Å². The van der Waals surface area contributed by atoms with E-state index >= 15 is 0 Å². The highest BCUT2D eigenvalue weighted by Gasteiger charge is 2.31. The molecule has 42 nitrogen and oxygen atoms in total. The summed E-state index contributed by atoms with van der Waals surface area (Å²) >= 11 is 12.7. The van der Waals surface area contributed by atoms with E-state index in [9.17, 15) is 124 Å². The molecule has 0 atom stereocenters. The Bertz CT molecular complexity index is 6730. The molecule has 105 heavy (non-hydrogen) atoms. The molecule has 0 spiro atoms. The highest BCUT2D eigenvalue weighted by Crippen LogP contribution is 2.49. The minimum atomic E-state index is -5.61. The summed E-state index contributed by atoms with van der Waals surface area (Å²) in [7, 11) is -42.9. The molecule has 0 aliphatic heterocycles. The Labute approximate surface area is 593 Å². The van der Waals surface area contributed by atoms with Gasteiger partial charge in [0.1, 0.15) is 52.1 Å². The van der Waals surface area contributed by atoms with Crippen molar-refractivity contribution >= 4 is 199 Å². The molecule has 2 heterocycles. The molecular weight excluding hydrogens is 1610 g/mol. The summed E-state index contributed by atoms with van der Waals surface area (Å²) in [6.07, 6.45) is 0. The van der Waals surface area contributed by atoms with Crippen LogP contribution >= 0.6 is 23.2 Å². The molecule has 52 heteroatoms. The molecule has 0 radical (unpaired) electrons. The molecule has 0 aliphatic carbocycles. The fourth-order valence-corrected chi connectivity index (χ4v) is 16.0. The summed E-state index contributed by atoms with van der Waals surface area (Å²) in [5, 5.41) is 42.4. The van der Waals surface area contributed by atoms with Crippen LogP contribution in [0.1, 0.15) is 10.4 Å². The van der Waals surface area contributed by atoms with Gasteiger partial charge in [-0.1, -0.05) is 36.4 Å². The number of aromatic amines is 4. The average Bonchev–Trinajstić information content (AvgIpc) is 0.769. The van der Waals surface area contributed by atoms with Gasteiger partial charge in [-0.2, -0.15) is 77.3 Å². The van der Waals surface area contributed by atoms with E-state index in [1.807, 2.05) is 0 Å². The van der Waals surface area contributed by atoms with E-state index < -0.39 is 253 Å². The van der Waals surface area contributed by atoms with Gasteiger partial charge in [-0.15, -0.1) is 20.5 Å². The number of azo groups is 2. The SMILES string of the molecule is O=C(O)c1cc(N=c2nc(Cl)[nH]c(=Nc3cc(S(=O)(=O)O)cc4cc(S(=O)(=O)O)c(N=Nc5ccc6c(S(=O)(=O)O)cccc6c5S(=O)(=O)O)c(O)c34)[nH]2)cc(N=c2nc(Cl)[nH]c(=Nc3cc(S(=O)(=O)O)cc4cc(S(=O)(=O)O)c(N=Nc5ccc6c(S(=O)(=O)O)cccc6c5S(=O)(=O)O)c(O)c34)[nH]2)c1. The molecule has 0 unspecified atom stereocenters. The second-order valence-corrected chi connectivity index (χ2v) is 32.9. The smallest absolute Gasteiger partial charge is 0.335 e. The lowest BCUT2D eigenvalue weighted by Crippen LogP contribution is -2.27. The van der Waals surface area contributed by atoms with Gasteiger partial charge in [0.15, 0.2) is 11.5 Å². The molecule has 0 saturated carbocycles. The Morgan fingerprint density at radius 1 is 0.371 bits per heavy atom. The van der Waals surface area contributed by atoms with E-state index in [1.165, 1.54) is 0 Å². The van der Waals surface area contributed by atoms with Crippen LogP contribution in [0.25, 0.3) is 43.1 Å². The van der Waals surface area contributed by atoms with E-state index in [4.69, 9.17) is 23.2 Å². The van der Waals surface area contributed by atoms with Crippen LogP contribution in [0.3, 0.4) is 0 Å². The van der Waals surface area contributed by atoms with Crippen molar-refractivity contribution in [3.8, 4) is 11.5 Å². The van der Waals surface area contributed by atoms with E-state index in [1.54, 1.807) is 0 Å². The number of hydrogen-bond acceptors (Lipinski definition) is 29. The molecule has 0 saturated heterocycles. The highest BCUT2D eigenvalue weighted by molar-refractivity contribution is 7.88. The zero-order valence-corrected chi connectivity index (χ0v) is 58.4. The molecule has 0 fully saturated rings. The molecule has 9 aromatic carbocycles. The maximum atomic E-state index is 12.9. The topological polar surface area (TPSA) is 701 Å². The molecule has 11 rings (SSSR count). The number of benzene rings is 9. The Balaban J connectivity index is 1.04. The predicted molar refractivity (Wildman–Crippen MR) is 356 cm³/mol. The molecule has 0 bridgehead atoms. The fourth-order valence-electron chi connectivity index (χ4n) is 10.2. The van der Waals surface area contributed by atoms with Crippen LogP contribution in [-0.4, -0.2) is 155 Å². The van der Waals surface area contributed by atoms with Crippen LogP contribution in [0.15, 0.2) is 195 Å². The second kappa shape index (κ2) is 26.8. The maximum absolute atomic E-state index is 12.9. The van der Waals surface area contributed by atoms with Crippen molar-refractivity contribution in [2.75, 3.05) is 0 Å². The first kappa shape index (κ1) is 75.5. The lowest BCUT2D eigenvalue weighted by Gasteiger charge is -2.12. The van der Waals surface area contributed by atoms with Crippen molar-refractivity contribution < 1.29 is 124 Å². The lowest BCUT2D eigenvalue weighted by molar-refractivity contribution is 0.0696. The van der Waals surface area contributed by atoms with Crippen LogP contribution in [-0.2, 0) is 80.9 Å². The summed E-state index contributed by atoms with van der Waals surface area (Å²) in [4.78, 5) is 38.3. The number of aromatic carboxylic acids is 1. The molecule has 546 valence electrons. The molecule has 0 aliphatic rings. The molecule has 2 aromatic heterocycles. The summed E-state index contributed by atoms with van der Waals surface area (Å²) in [5.74, 6) is -4.33. The minimum absolute atomic E-state index is 0.377. The lowest BCUT2D eigenvalue weighted by atomic mass is 10.1. The van der Waals surface area contributed by atoms with Crippen LogP contribution in [0, 0.1) is 0 Å². The molecule has 15 N–H and O–H groups in total. The first-order valence-electron chi connectivity index (χ1n) is 27.2. The number of phenolic OH excluding ortho intramolecular Hbond substituents is 2. The van der Waals surface area contributed by atoms with Crippen molar-refractivity contribution in [3.63, 3.8) is 0 Å².